The molecule has 21 heavy (non-hydrogen) atoms. The molecule has 1 fully saturated rings. The van der Waals surface area contributed by atoms with Gasteiger partial charge in [-0.2, -0.15) is 0 Å². The van der Waals surface area contributed by atoms with Crippen molar-refractivity contribution in [3.05, 3.63) is 26.6 Å². The molecule has 2 aromatic rings. The highest BCUT2D eigenvalue weighted by molar-refractivity contribution is 7.18. The van der Waals surface area contributed by atoms with Gasteiger partial charge in [-0.05, 0) is 50.1 Å². The van der Waals surface area contributed by atoms with Crippen molar-refractivity contribution in [1.29, 1.82) is 0 Å². The third kappa shape index (κ3) is 2.42. The van der Waals surface area contributed by atoms with E-state index in [0.717, 1.165) is 54.4 Å². The zero-order valence-corrected chi connectivity index (χ0v) is 13.3. The second-order valence-electron chi connectivity index (χ2n) is 6.53. The van der Waals surface area contributed by atoms with Gasteiger partial charge in [-0.3, -0.25) is 9.69 Å². The number of nitrogens with zero attached hydrogens (tertiary/aromatic N) is 2. The molecule has 5 heteroatoms. The Balaban J connectivity index is 1.66. The summed E-state index contributed by atoms with van der Waals surface area (Å²) < 4.78 is 0. The number of rotatable bonds is 2. The van der Waals surface area contributed by atoms with Gasteiger partial charge >= 0.3 is 0 Å². The third-order valence-electron chi connectivity index (χ3n) is 4.74. The summed E-state index contributed by atoms with van der Waals surface area (Å²) in [6.45, 7) is 5.31. The van der Waals surface area contributed by atoms with Gasteiger partial charge < -0.3 is 4.98 Å². The van der Waals surface area contributed by atoms with Crippen LogP contribution in [0.2, 0.25) is 0 Å². The molecule has 1 aliphatic carbocycles. The van der Waals surface area contributed by atoms with Crippen molar-refractivity contribution in [1.82, 2.24) is 14.9 Å². The molecular weight excluding hydrogens is 282 g/mol. The van der Waals surface area contributed by atoms with E-state index in [4.69, 9.17) is 4.98 Å². The largest absolute Gasteiger partial charge is 0.309 e. The van der Waals surface area contributed by atoms with Crippen LogP contribution in [-0.4, -0.2) is 28.0 Å². The number of piperidine rings is 1. The summed E-state index contributed by atoms with van der Waals surface area (Å²) in [7, 11) is 0. The van der Waals surface area contributed by atoms with Crippen molar-refractivity contribution in [2.45, 2.75) is 45.6 Å². The molecule has 0 unspecified atom stereocenters. The summed E-state index contributed by atoms with van der Waals surface area (Å²) in [5.41, 5.74) is 1.33. The monoisotopic (exact) mass is 303 g/mol. The zero-order chi connectivity index (χ0) is 14.4. The molecule has 0 bridgehead atoms. The Bertz CT molecular complexity index is 733. The molecule has 0 radical (unpaired) electrons. The second-order valence-corrected chi connectivity index (χ2v) is 7.62. The molecule has 0 saturated carbocycles. The summed E-state index contributed by atoms with van der Waals surface area (Å²) in [6.07, 6.45) is 5.92. The van der Waals surface area contributed by atoms with Crippen LogP contribution in [0.1, 0.15) is 42.5 Å². The van der Waals surface area contributed by atoms with E-state index in [-0.39, 0.29) is 5.56 Å². The maximum absolute atomic E-state index is 12.4. The van der Waals surface area contributed by atoms with Crippen molar-refractivity contribution in [2.75, 3.05) is 13.1 Å². The molecule has 4 nitrogen and oxygen atoms in total. The lowest BCUT2D eigenvalue weighted by molar-refractivity contribution is 0.173. The number of hydrogen-bond donors (Lipinski definition) is 1. The van der Waals surface area contributed by atoms with E-state index in [1.54, 1.807) is 11.3 Å². The van der Waals surface area contributed by atoms with E-state index in [2.05, 4.69) is 16.8 Å². The molecule has 0 amide bonds. The zero-order valence-electron chi connectivity index (χ0n) is 12.4. The average molecular weight is 303 g/mol. The Morgan fingerprint density at radius 1 is 1.38 bits per heavy atom. The number of fused-ring (bicyclic) bond motifs is 3. The van der Waals surface area contributed by atoms with Crippen LogP contribution in [0, 0.1) is 5.92 Å². The number of thiophene rings is 1. The van der Waals surface area contributed by atoms with Crippen molar-refractivity contribution >= 4 is 21.6 Å². The van der Waals surface area contributed by atoms with Crippen molar-refractivity contribution in [2.24, 2.45) is 5.92 Å². The quantitative estimate of drug-likeness (QED) is 0.928. The van der Waals surface area contributed by atoms with E-state index in [1.165, 1.54) is 29.7 Å². The fourth-order valence-electron chi connectivity index (χ4n) is 3.76. The van der Waals surface area contributed by atoms with Crippen LogP contribution < -0.4 is 5.56 Å². The lowest BCUT2D eigenvalue weighted by Crippen LogP contribution is -2.34. The molecule has 1 N–H and O–H groups in total. The fraction of sp³-hybridized carbons (Fsp3) is 0.625. The van der Waals surface area contributed by atoms with Crippen LogP contribution in [0.5, 0.6) is 0 Å². The first-order chi connectivity index (χ1) is 10.2. The number of aromatic nitrogens is 2. The molecule has 0 aromatic carbocycles. The summed E-state index contributed by atoms with van der Waals surface area (Å²) in [4.78, 5) is 24.9. The normalized spacial score (nSPS) is 22.8. The first-order valence-electron chi connectivity index (χ1n) is 7.96. The molecule has 3 heterocycles. The molecular formula is C16H21N3OS. The first-order valence-corrected chi connectivity index (χ1v) is 8.78. The molecule has 1 aliphatic heterocycles. The first kappa shape index (κ1) is 13.5. The molecule has 4 rings (SSSR count). The second kappa shape index (κ2) is 5.21. The fourth-order valence-corrected chi connectivity index (χ4v) is 5.04. The molecule has 112 valence electrons. The average Bonchev–Trinajstić information content (AvgIpc) is 2.98. The summed E-state index contributed by atoms with van der Waals surface area (Å²) in [5, 5.41) is 0.864. The number of nitrogens with one attached hydrogen (secondary N) is 1. The highest BCUT2D eigenvalue weighted by Crippen LogP contribution is 2.34. The Morgan fingerprint density at radius 2 is 2.29 bits per heavy atom. The smallest absolute Gasteiger partial charge is 0.259 e. The third-order valence-corrected chi connectivity index (χ3v) is 5.92. The van der Waals surface area contributed by atoms with Gasteiger partial charge in [0, 0.05) is 11.4 Å². The van der Waals surface area contributed by atoms with Gasteiger partial charge in [0.2, 0.25) is 0 Å². The van der Waals surface area contributed by atoms with Gasteiger partial charge in [-0.25, -0.2) is 4.98 Å². The van der Waals surface area contributed by atoms with Crippen LogP contribution in [0.25, 0.3) is 10.2 Å². The lowest BCUT2D eigenvalue weighted by atomic mass is 10.0. The Morgan fingerprint density at radius 3 is 3.14 bits per heavy atom. The topological polar surface area (TPSA) is 49.0 Å². The Hall–Kier alpha value is -1.20. The SMILES string of the molecule is C[C@@H]1CCCN(Cc2nc3sc4c(c3c(=O)[nH]2)CCC4)C1. The van der Waals surface area contributed by atoms with Crippen LogP contribution >= 0.6 is 11.3 Å². The maximum Gasteiger partial charge on any atom is 0.259 e. The van der Waals surface area contributed by atoms with E-state index < -0.39 is 0 Å². The van der Waals surface area contributed by atoms with Gasteiger partial charge in [-0.15, -0.1) is 11.3 Å². The van der Waals surface area contributed by atoms with Crippen molar-refractivity contribution in [3.8, 4) is 0 Å². The van der Waals surface area contributed by atoms with Crippen LogP contribution in [-0.2, 0) is 19.4 Å². The minimum atomic E-state index is 0.0689. The van der Waals surface area contributed by atoms with Gasteiger partial charge in [0.15, 0.2) is 0 Å². The van der Waals surface area contributed by atoms with Crippen LogP contribution in [0.15, 0.2) is 4.79 Å². The van der Waals surface area contributed by atoms with E-state index in [1.807, 2.05) is 0 Å². The van der Waals surface area contributed by atoms with Crippen LogP contribution in [0.4, 0.5) is 0 Å². The number of H-pyrrole nitrogens is 1. The number of likely N-dealkylation sites (tertiary alicyclic amines) is 1. The highest BCUT2D eigenvalue weighted by atomic mass is 32.1. The summed E-state index contributed by atoms with van der Waals surface area (Å²) in [5.74, 6) is 1.58. The molecule has 1 saturated heterocycles. The molecule has 2 aromatic heterocycles. The van der Waals surface area contributed by atoms with Gasteiger partial charge in [0.05, 0.1) is 11.9 Å². The molecule has 2 aliphatic rings. The van der Waals surface area contributed by atoms with Gasteiger partial charge in [0.25, 0.3) is 5.56 Å². The standard InChI is InChI=1S/C16H21N3OS/c1-10-4-3-7-19(8-10)9-13-17-15(20)14-11-5-2-6-12(11)21-16(14)18-13/h10H,2-9H2,1H3,(H,17,18,20)/t10-/m1/s1. The number of hydrogen-bond acceptors (Lipinski definition) is 4. The molecule has 0 spiro atoms. The maximum atomic E-state index is 12.4. The minimum absolute atomic E-state index is 0.0689. The minimum Gasteiger partial charge on any atom is -0.309 e. The Labute approximate surface area is 128 Å². The Kier molecular flexibility index (Phi) is 3.34. The summed E-state index contributed by atoms with van der Waals surface area (Å²) >= 11 is 1.73. The van der Waals surface area contributed by atoms with Crippen molar-refractivity contribution < 1.29 is 0 Å². The predicted octanol–water partition coefficient (Wildman–Crippen LogP) is 2.71. The van der Waals surface area contributed by atoms with Crippen molar-refractivity contribution in [3.63, 3.8) is 0 Å². The number of aromatic amines is 1. The van der Waals surface area contributed by atoms with E-state index >= 15 is 0 Å². The van der Waals surface area contributed by atoms with E-state index in [9.17, 15) is 4.79 Å². The van der Waals surface area contributed by atoms with Gasteiger partial charge in [-0.1, -0.05) is 6.92 Å². The summed E-state index contributed by atoms with van der Waals surface area (Å²) in [6, 6.07) is 0. The molecule has 1 atom stereocenters. The predicted molar refractivity (Wildman–Crippen MR) is 85.9 cm³/mol. The number of aryl methyl sites for hydroxylation is 2. The van der Waals surface area contributed by atoms with Gasteiger partial charge in [0.1, 0.15) is 10.7 Å². The van der Waals surface area contributed by atoms with Crippen LogP contribution in [0.3, 0.4) is 0 Å². The lowest BCUT2D eigenvalue weighted by Gasteiger charge is -2.30. The highest BCUT2D eigenvalue weighted by Gasteiger charge is 2.22. The van der Waals surface area contributed by atoms with E-state index in [0.29, 0.717) is 0 Å².